The molecule has 10 heteroatoms. The van der Waals surface area contributed by atoms with Gasteiger partial charge in [0.15, 0.2) is 11.0 Å². The van der Waals surface area contributed by atoms with Crippen LogP contribution in [-0.2, 0) is 30.2 Å². The lowest BCUT2D eigenvalue weighted by molar-refractivity contribution is -0.122. The Morgan fingerprint density at radius 2 is 1.65 bits per heavy atom. The predicted molar refractivity (Wildman–Crippen MR) is 154 cm³/mol. The number of aromatic nitrogens is 5. The van der Waals surface area contributed by atoms with Gasteiger partial charge in [-0.3, -0.25) is 9.59 Å². The number of nitrogens with one attached hydrogen (secondary N) is 1. The van der Waals surface area contributed by atoms with E-state index < -0.39 is 0 Å². The van der Waals surface area contributed by atoms with Gasteiger partial charge in [0.2, 0.25) is 5.91 Å². The number of halogens is 1. The van der Waals surface area contributed by atoms with Crippen LogP contribution in [0.3, 0.4) is 0 Å². The minimum absolute atomic E-state index is 0.132. The summed E-state index contributed by atoms with van der Waals surface area (Å²) in [5.41, 5.74) is 1.75. The van der Waals surface area contributed by atoms with E-state index in [-0.39, 0.29) is 30.4 Å². The molecule has 2 aromatic heterocycles. The van der Waals surface area contributed by atoms with Gasteiger partial charge in [0.1, 0.15) is 12.4 Å². The second-order valence-corrected chi connectivity index (χ2v) is 10.7. The van der Waals surface area contributed by atoms with Gasteiger partial charge < -0.3 is 9.88 Å². The standard InChI is InChI=1S/C30H29FN6O2S/c1-20(2)17-36-26(33-34-30(36)40-19-22-12-6-9-15-25(22)31)16-32-27(38)18-37-29(39)24-14-8-7-13-23(24)28(35-37)21-10-4-3-5-11-21/h3-15,20H,16-19H2,1-2H3,(H,32,38). The number of amides is 1. The number of hydrogen-bond donors (Lipinski definition) is 1. The van der Waals surface area contributed by atoms with E-state index in [9.17, 15) is 14.0 Å². The Morgan fingerprint density at radius 3 is 2.40 bits per heavy atom. The zero-order chi connectivity index (χ0) is 28.1. The summed E-state index contributed by atoms with van der Waals surface area (Å²) >= 11 is 1.40. The second kappa shape index (κ2) is 12.3. The molecule has 2 heterocycles. The predicted octanol–water partition coefficient (Wildman–Crippen LogP) is 5.06. The van der Waals surface area contributed by atoms with Gasteiger partial charge in [0, 0.05) is 23.2 Å². The molecule has 1 N–H and O–H groups in total. The number of carbonyl (C=O) groups is 1. The molecule has 0 aliphatic rings. The summed E-state index contributed by atoms with van der Waals surface area (Å²) in [5, 5.41) is 17.9. The van der Waals surface area contributed by atoms with E-state index in [1.165, 1.54) is 22.5 Å². The first-order chi connectivity index (χ1) is 19.4. The van der Waals surface area contributed by atoms with Crippen molar-refractivity contribution in [1.29, 1.82) is 0 Å². The van der Waals surface area contributed by atoms with Crippen molar-refractivity contribution in [3.05, 3.63) is 106 Å². The molecular formula is C30H29FN6O2S. The van der Waals surface area contributed by atoms with E-state index in [0.717, 1.165) is 10.9 Å². The molecule has 0 aliphatic carbocycles. The van der Waals surface area contributed by atoms with Crippen molar-refractivity contribution in [2.75, 3.05) is 0 Å². The Bertz CT molecular complexity index is 1700. The smallest absolute Gasteiger partial charge is 0.275 e. The van der Waals surface area contributed by atoms with Crippen LogP contribution in [0.5, 0.6) is 0 Å². The molecule has 1 amide bonds. The average Bonchev–Trinajstić information content (AvgIpc) is 3.34. The fourth-order valence-corrected chi connectivity index (χ4v) is 5.34. The minimum Gasteiger partial charge on any atom is -0.347 e. The molecule has 0 saturated heterocycles. The largest absolute Gasteiger partial charge is 0.347 e. The van der Waals surface area contributed by atoms with Crippen molar-refractivity contribution in [3.63, 3.8) is 0 Å². The summed E-state index contributed by atoms with van der Waals surface area (Å²) in [7, 11) is 0. The number of fused-ring (bicyclic) bond motifs is 1. The molecule has 3 aromatic carbocycles. The van der Waals surface area contributed by atoms with Crippen LogP contribution in [0.15, 0.2) is 88.8 Å². The number of thioether (sulfide) groups is 1. The van der Waals surface area contributed by atoms with Crippen molar-refractivity contribution >= 4 is 28.4 Å². The molecule has 0 aliphatic heterocycles. The highest BCUT2D eigenvalue weighted by molar-refractivity contribution is 7.98. The molecule has 5 aromatic rings. The molecule has 0 saturated carbocycles. The fraction of sp³-hybridized carbons (Fsp3) is 0.233. The van der Waals surface area contributed by atoms with Crippen LogP contribution >= 0.6 is 11.8 Å². The molecule has 0 bridgehead atoms. The van der Waals surface area contributed by atoms with E-state index in [0.29, 0.717) is 45.8 Å². The summed E-state index contributed by atoms with van der Waals surface area (Å²) in [5.74, 6) is 0.668. The van der Waals surface area contributed by atoms with Crippen molar-refractivity contribution in [2.45, 2.75) is 44.4 Å². The third kappa shape index (κ3) is 6.12. The van der Waals surface area contributed by atoms with Crippen LogP contribution in [-0.4, -0.2) is 30.5 Å². The Labute approximate surface area is 235 Å². The average molecular weight is 557 g/mol. The molecule has 0 spiro atoms. The van der Waals surface area contributed by atoms with E-state index >= 15 is 0 Å². The van der Waals surface area contributed by atoms with Gasteiger partial charge in [-0.05, 0) is 23.6 Å². The zero-order valence-corrected chi connectivity index (χ0v) is 23.1. The Kier molecular flexibility index (Phi) is 8.35. The van der Waals surface area contributed by atoms with Crippen LogP contribution < -0.4 is 10.9 Å². The van der Waals surface area contributed by atoms with E-state index in [4.69, 9.17) is 0 Å². The normalized spacial score (nSPS) is 11.3. The first-order valence-electron chi connectivity index (χ1n) is 13.0. The van der Waals surface area contributed by atoms with Gasteiger partial charge in [-0.25, -0.2) is 9.07 Å². The minimum atomic E-state index is -0.372. The van der Waals surface area contributed by atoms with Crippen LogP contribution in [0.2, 0.25) is 0 Å². The number of benzene rings is 3. The lowest BCUT2D eigenvalue weighted by atomic mass is 10.1. The summed E-state index contributed by atoms with van der Waals surface area (Å²) in [6.45, 7) is 4.69. The molecule has 0 unspecified atom stereocenters. The lowest BCUT2D eigenvalue weighted by Gasteiger charge is -2.14. The van der Waals surface area contributed by atoms with Crippen LogP contribution in [0, 0.1) is 11.7 Å². The number of hydrogen-bond acceptors (Lipinski definition) is 6. The highest BCUT2D eigenvalue weighted by atomic mass is 32.2. The topological polar surface area (TPSA) is 94.7 Å². The van der Waals surface area contributed by atoms with Crippen LogP contribution in [0.25, 0.3) is 22.0 Å². The Hall–Kier alpha value is -4.31. The number of carbonyl (C=O) groups excluding carboxylic acids is 1. The van der Waals surface area contributed by atoms with Crippen molar-refractivity contribution < 1.29 is 9.18 Å². The van der Waals surface area contributed by atoms with Crippen molar-refractivity contribution in [1.82, 2.24) is 29.9 Å². The quantitative estimate of drug-likeness (QED) is 0.242. The van der Waals surface area contributed by atoms with E-state index in [1.54, 1.807) is 30.3 Å². The van der Waals surface area contributed by atoms with Crippen molar-refractivity contribution in [2.24, 2.45) is 5.92 Å². The fourth-order valence-electron chi connectivity index (χ4n) is 4.38. The molecule has 5 rings (SSSR count). The van der Waals surface area contributed by atoms with Crippen LogP contribution in [0.1, 0.15) is 25.2 Å². The monoisotopic (exact) mass is 556 g/mol. The first kappa shape index (κ1) is 27.3. The highest BCUT2D eigenvalue weighted by Crippen LogP contribution is 2.25. The summed E-state index contributed by atoms with van der Waals surface area (Å²) in [4.78, 5) is 26.2. The molecule has 0 atom stereocenters. The first-order valence-corrected chi connectivity index (χ1v) is 14.0. The number of rotatable bonds is 10. The Morgan fingerprint density at radius 1 is 0.950 bits per heavy atom. The summed E-state index contributed by atoms with van der Waals surface area (Å²) < 4.78 is 17.3. The molecule has 204 valence electrons. The summed E-state index contributed by atoms with van der Waals surface area (Å²) in [6.07, 6.45) is 0. The highest BCUT2D eigenvalue weighted by Gasteiger charge is 2.17. The third-order valence-electron chi connectivity index (χ3n) is 6.31. The zero-order valence-electron chi connectivity index (χ0n) is 22.3. The maximum atomic E-state index is 14.1. The van der Waals surface area contributed by atoms with Gasteiger partial charge in [0.05, 0.1) is 17.6 Å². The molecular weight excluding hydrogens is 527 g/mol. The molecule has 8 nitrogen and oxygen atoms in total. The van der Waals surface area contributed by atoms with E-state index in [1.807, 2.05) is 47.0 Å². The van der Waals surface area contributed by atoms with Gasteiger partial charge in [0.25, 0.3) is 5.56 Å². The van der Waals surface area contributed by atoms with Gasteiger partial charge in [-0.15, -0.1) is 10.2 Å². The van der Waals surface area contributed by atoms with Crippen LogP contribution in [0.4, 0.5) is 4.39 Å². The lowest BCUT2D eigenvalue weighted by Crippen LogP contribution is -2.34. The van der Waals surface area contributed by atoms with Gasteiger partial charge >= 0.3 is 0 Å². The molecule has 0 radical (unpaired) electrons. The van der Waals surface area contributed by atoms with E-state index in [2.05, 4.69) is 34.5 Å². The molecule has 0 fully saturated rings. The number of nitrogens with zero attached hydrogens (tertiary/aromatic N) is 5. The van der Waals surface area contributed by atoms with Gasteiger partial charge in [-0.1, -0.05) is 92.3 Å². The molecule has 40 heavy (non-hydrogen) atoms. The second-order valence-electron chi connectivity index (χ2n) is 9.78. The Balaban J connectivity index is 1.33. The maximum Gasteiger partial charge on any atom is 0.275 e. The van der Waals surface area contributed by atoms with Gasteiger partial charge in [-0.2, -0.15) is 5.10 Å². The third-order valence-corrected chi connectivity index (χ3v) is 7.32. The summed E-state index contributed by atoms with van der Waals surface area (Å²) in [6, 6.07) is 23.5. The maximum absolute atomic E-state index is 14.1. The van der Waals surface area contributed by atoms with Crippen molar-refractivity contribution in [3.8, 4) is 11.3 Å². The SMILES string of the molecule is CC(C)Cn1c(CNC(=O)Cn2nc(-c3ccccc3)c3ccccc3c2=O)nnc1SCc1ccccc1F.